The molecule has 0 spiro atoms. The van der Waals surface area contributed by atoms with E-state index in [1.807, 2.05) is 22.8 Å². The molecular formula is C29H29ClFN5O4. The van der Waals surface area contributed by atoms with Crippen molar-refractivity contribution in [3.8, 4) is 5.88 Å². The minimum Gasteiger partial charge on any atom is -0.477 e. The highest BCUT2D eigenvalue weighted by molar-refractivity contribution is 6.30. The van der Waals surface area contributed by atoms with Crippen LogP contribution in [-0.2, 0) is 24.2 Å². The fraction of sp³-hybridized carbons (Fsp3) is 0.379. The molecule has 2 aliphatic rings. The highest BCUT2D eigenvalue weighted by Gasteiger charge is 2.26. The monoisotopic (exact) mass is 565 g/mol. The second-order valence-electron chi connectivity index (χ2n) is 10.2. The van der Waals surface area contributed by atoms with Crippen LogP contribution < -0.4 is 4.74 Å². The maximum Gasteiger partial charge on any atom is 0.354 e. The van der Waals surface area contributed by atoms with Gasteiger partial charge in [0.1, 0.15) is 23.3 Å². The van der Waals surface area contributed by atoms with Gasteiger partial charge < -0.3 is 19.1 Å². The molecule has 0 saturated carbocycles. The van der Waals surface area contributed by atoms with E-state index in [0.717, 1.165) is 50.5 Å². The third-order valence-corrected chi connectivity index (χ3v) is 7.66. The van der Waals surface area contributed by atoms with Gasteiger partial charge in [-0.25, -0.2) is 24.1 Å². The van der Waals surface area contributed by atoms with E-state index >= 15 is 0 Å². The van der Waals surface area contributed by atoms with Crippen molar-refractivity contribution < 1.29 is 23.8 Å². The van der Waals surface area contributed by atoms with Crippen LogP contribution in [0.3, 0.4) is 0 Å². The van der Waals surface area contributed by atoms with Crippen molar-refractivity contribution in [1.29, 1.82) is 0 Å². The lowest BCUT2D eigenvalue weighted by atomic mass is 10.1. The summed E-state index contributed by atoms with van der Waals surface area (Å²) in [6.07, 6.45) is 3.08. The van der Waals surface area contributed by atoms with E-state index in [4.69, 9.17) is 26.1 Å². The first-order chi connectivity index (χ1) is 19.4. The number of aromatic carboxylic acids is 1. The highest BCUT2D eigenvalue weighted by atomic mass is 35.5. The summed E-state index contributed by atoms with van der Waals surface area (Å²) in [5, 5.41) is 9.78. The zero-order valence-corrected chi connectivity index (χ0v) is 22.6. The lowest BCUT2D eigenvalue weighted by Gasteiger charge is -2.32. The van der Waals surface area contributed by atoms with Gasteiger partial charge in [0.05, 0.1) is 19.2 Å². The van der Waals surface area contributed by atoms with Crippen LogP contribution in [0.5, 0.6) is 5.88 Å². The van der Waals surface area contributed by atoms with E-state index in [-0.39, 0.29) is 23.7 Å². The number of nitrogens with zero attached hydrogens (tertiary/aromatic N) is 5. The Bertz CT molecular complexity index is 1530. The zero-order chi connectivity index (χ0) is 27.6. The quantitative estimate of drug-likeness (QED) is 0.310. The van der Waals surface area contributed by atoms with Gasteiger partial charge in [-0.3, -0.25) is 4.90 Å². The van der Waals surface area contributed by atoms with Crippen LogP contribution in [0.1, 0.15) is 46.8 Å². The Labute approximate surface area is 235 Å². The molecule has 11 heteroatoms. The zero-order valence-electron chi connectivity index (χ0n) is 21.8. The summed E-state index contributed by atoms with van der Waals surface area (Å²) >= 11 is 5.87. The van der Waals surface area contributed by atoms with E-state index < -0.39 is 5.97 Å². The number of pyridine rings is 2. The molecule has 2 fully saturated rings. The topological polar surface area (TPSA) is 103 Å². The summed E-state index contributed by atoms with van der Waals surface area (Å²) in [5.74, 6) is -0.0215. The number of carboxylic acid groups (broad SMARTS) is 1. The molecule has 1 N–H and O–H groups in total. The van der Waals surface area contributed by atoms with Gasteiger partial charge in [-0.05, 0) is 55.2 Å². The average Bonchev–Trinajstić information content (AvgIpc) is 3.25. The number of carbonyl (C=O) groups is 1. The van der Waals surface area contributed by atoms with Crippen molar-refractivity contribution in [1.82, 2.24) is 24.4 Å². The Kier molecular flexibility index (Phi) is 7.64. The molecule has 0 amide bonds. The third kappa shape index (κ3) is 5.94. The number of hydrogen-bond acceptors (Lipinski definition) is 7. The standard InChI is InChI=1S/C29H29ClFN5O4/c30-19-5-4-18(23(31)15-19)14-20-2-1-3-27(32-20)40-21-8-11-35(12-9-21)17-26-33-24-6-7-25(29(37)38)34-28(24)36(26)16-22-10-13-39-22/h1-7,15,21-22H,8-14,16-17H2,(H,37,38). The number of piperidine rings is 1. The fourth-order valence-corrected chi connectivity index (χ4v) is 5.31. The van der Waals surface area contributed by atoms with Gasteiger partial charge in [-0.2, -0.15) is 0 Å². The lowest BCUT2D eigenvalue weighted by molar-refractivity contribution is -0.0593. The number of fused-ring (bicyclic) bond motifs is 1. The van der Waals surface area contributed by atoms with Gasteiger partial charge in [0.2, 0.25) is 5.88 Å². The minimum atomic E-state index is -1.06. The van der Waals surface area contributed by atoms with Gasteiger partial charge in [0, 0.05) is 42.9 Å². The molecule has 1 unspecified atom stereocenters. The molecule has 2 saturated heterocycles. The summed E-state index contributed by atoms with van der Waals surface area (Å²) in [7, 11) is 0. The molecule has 0 radical (unpaired) electrons. The van der Waals surface area contributed by atoms with E-state index in [1.54, 1.807) is 18.2 Å². The maximum absolute atomic E-state index is 14.2. The van der Waals surface area contributed by atoms with Gasteiger partial charge >= 0.3 is 5.97 Å². The molecule has 1 atom stereocenters. The van der Waals surface area contributed by atoms with Gasteiger partial charge in [-0.15, -0.1) is 0 Å². The van der Waals surface area contributed by atoms with Crippen LogP contribution in [0.15, 0.2) is 48.5 Å². The van der Waals surface area contributed by atoms with Crippen molar-refractivity contribution in [3.63, 3.8) is 0 Å². The van der Waals surface area contributed by atoms with Crippen molar-refractivity contribution >= 4 is 28.7 Å². The molecule has 2 aliphatic heterocycles. The summed E-state index contributed by atoms with van der Waals surface area (Å²) in [6, 6.07) is 13.4. The van der Waals surface area contributed by atoms with Crippen LogP contribution in [-0.4, -0.2) is 67.4 Å². The second-order valence-corrected chi connectivity index (χ2v) is 10.7. The van der Waals surface area contributed by atoms with E-state index in [0.29, 0.717) is 47.1 Å². The average molecular weight is 566 g/mol. The van der Waals surface area contributed by atoms with Crippen LogP contribution in [0.2, 0.25) is 5.02 Å². The summed E-state index contributed by atoms with van der Waals surface area (Å²) < 4.78 is 28.1. The smallest absolute Gasteiger partial charge is 0.354 e. The molecule has 5 heterocycles. The maximum atomic E-state index is 14.2. The molecule has 40 heavy (non-hydrogen) atoms. The number of halogens is 2. The van der Waals surface area contributed by atoms with Crippen molar-refractivity contribution in [2.45, 2.75) is 51.0 Å². The number of rotatable bonds is 9. The SMILES string of the molecule is O=C(O)c1ccc2nc(CN3CCC(Oc4cccc(Cc5ccc(Cl)cc5F)n4)CC3)n(CC3CCO3)c2n1. The highest BCUT2D eigenvalue weighted by Crippen LogP contribution is 2.24. The number of aromatic nitrogens is 4. The second kappa shape index (κ2) is 11.5. The van der Waals surface area contributed by atoms with Gasteiger partial charge in [-0.1, -0.05) is 23.7 Å². The van der Waals surface area contributed by atoms with E-state index in [9.17, 15) is 14.3 Å². The third-order valence-electron chi connectivity index (χ3n) is 7.42. The molecule has 4 aromatic rings. The first kappa shape index (κ1) is 26.6. The van der Waals surface area contributed by atoms with Crippen LogP contribution in [0, 0.1) is 5.82 Å². The Morgan fingerprint density at radius 2 is 1.93 bits per heavy atom. The molecule has 1 aromatic carbocycles. The normalized spacial score (nSPS) is 18.1. The number of ether oxygens (including phenoxy) is 2. The van der Waals surface area contributed by atoms with Crippen LogP contribution in [0.25, 0.3) is 11.2 Å². The predicted molar refractivity (Wildman–Crippen MR) is 146 cm³/mol. The van der Waals surface area contributed by atoms with E-state index in [2.05, 4.69) is 14.9 Å². The first-order valence-corrected chi connectivity index (χ1v) is 13.8. The molecule has 3 aromatic heterocycles. The molecule has 0 aliphatic carbocycles. The Balaban J connectivity index is 1.09. The Morgan fingerprint density at radius 1 is 1.10 bits per heavy atom. The van der Waals surface area contributed by atoms with Crippen molar-refractivity contribution in [2.75, 3.05) is 19.7 Å². The van der Waals surface area contributed by atoms with Crippen LogP contribution in [0.4, 0.5) is 4.39 Å². The predicted octanol–water partition coefficient (Wildman–Crippen LogP) is 4.74. The Morgan fingerprint density at radius 3 is 2.65 bits per heavy atom. The lowest BCUT2D eigenvalue weighted by Crippen LogP contribution is -2.39. The van der Waals surface area contributed by atoms with Gasteiger partial charge in [0.15, 0.2) is 11.3 Å². The number of imidazole rings is 1. The number of likely N-dealkylation sites (tertiary alicyclic amines) is 1. The van der Waals surface area contributed by atoms with E-state index in [1.165, 1.54) is 12.1 Å². The summed E-state index contributed by atoms with van der Waals surface area (Å²) in [5.41, 5.74) is 2.52. The Hall–Kier alpha value is -3.60. The fourth-order valence-electron chi connectivity index (χ4n) is 5.15. The van der Waals surface area contributed by atoms with Crippen molar-refractivity contribution in [2.24, 2.45) is 0 Å². The van der Waals surface area contributed by atoms with Crippen LogP contribution >= 0.6 is 11.6 Å². The van der Waals surface area contributed by atoms with Crippen molar-refractivity contribution in [3.05, 3.63) is 82.1 Å². The summed E-state index contributed by atoms with van der Waals surface area (Å²) in [4.78, 5) is 27.6. The first-order valence-electron chi connectivity index (χ1n) is 13.4. The number of benzene rings is 1. The molecule has 208 valence electrons. The number of hydrogen-bond donors (Lipinski definition) is 1. The van der Waals surface area contributed by atoms with Gasteiger partial charge in [0.25, 0.3) is 0 Å². The molecule has 0 bridgehead atoms. The number of carboxylic acids is 1. The minimum absolute atomic E-state index is 0.00340. The molecule has 9 nitrogen and oxygen atoms in total. The summed E-state index contributed by atoms with van der Waals surface area (Å²) in [6.45, 7) is 3.60. The molecular weight excluding hydrogens is 537 g/mol. The molecule has 6 rings (SSSR count). The largest absolute Gasteiger partial charge is 0.477 e.